The van der Waals surface area contributed by atoms with Crippen molar-refractivity contribution >= 4 is 50.7 Å². The Morgan fingerprint density at radius 2 is 1.71 bits per heavy atom. The quantitative estimate of drug-likeness (QED) is 0.0672. The number of rotatable bonds is 18. The number of likely N-dealkylation sites (N-methyl/N-ethyl adjacent to an activating group) is 1. The fraction of sp³-hybridized carbons (Fsp3) is 0.356. The molecular formula is C45H51Cl2FN8O8S. The van der Waals surface area contributed by atoms with Gasteiger partial charge in [-0.1, -0.05) is 35.3 Å². The minimum Gasteiger partial charge on any atom is -0.457 e. The number of nitro benzene ring substituents is 1. The summed E-state index contributed by atoms with van der Waals surface area (Å²) in [6, 6.07) is 18.8. The van der Waals surface area contributed by atoms with Gasteiger partial charge in [0.05, 0.1) is 46.4 Å². The number of carbonyl (C=O) groups excluding carboxylic acids is 2. The van der Waals surface area contributed by atoms with Crippen molar-refractivity contribution < 1.29 is 37.2 Å². The fourth-order valence-corrected chi connectivity index (χ4v) is 9.67. The number of aliphatic hydroxyl groups excluding tert-OH is 1. The van der Waals surface area contributed by atoms with Gasteiger partial charge in [0.15, 0.2) is 0 Å². The van der Waals surface area contributed by atoms with Crippen molar-refractivity contribution in [1.82, 2.24) is 34.3 Å². The molecule has 16 nitrogen and oxygen atoms in total. The minimum atomic E-state index is -4.18. The predicted molar refractivity (Wildman–Crippen MR) is 245 cm³/mol. The maximum Gasteiger partial charge on any atom is 0.269 e. The van der Waals surface area contributed by atoms with E-state index in [4.69, 9.17) is 27.9 Å². The molecular weight excluding hydrogens is 903 g/mol. The van der Waals surface area contributed by atoms with Crippen LogP contribution in [0, 0.1) is 15.9 Å². The Bertz CT molecular complexity index is 2620. The van der Waals surface area contributed by atoms with Crippen LogP contribution in [0.2, 0.25) is 10.0 Å². The van der Waals surface area contributed by atoms with Gasteiger partial charge in [-0.05, 0) is 107 Å². The number of non-ortho nitro benzene ring substituents is 1. The smallest absolute Gasteiger partial charge is 0.269 e. The molecule has 6 rings (SSSR count). The Balaban J connectivity index is 1.15. The van der Waals surface area contributed by atoms with Gasteiger partial charge in [-0.15, -0.1) is 0 Å². The number of amides is 2. The summed E-state index contributed by atoms with van der Waals surface area (Å²) in [5, 5.41) is 27.9. The molecule has 5 aromatic rings. The van der Waals surface area contributed by atoms with E-state index in [0.29, 0.717) is 30.2 Å². The van der Waals surface area contributed by atoms with Gasteiger partial charge in [0.1, 0.15) is 29.2 Å². The van der Waals surface area contributed by atoms with Crippen LogP contribution < -0.4 is 15.4 Å². The maximum atomic E-state index is 15.5. The van der Waals surface area contributed by atoms with Crippen molar-refractivity contribution in [2.45, 2.75) is 61.8 Å². The van der Waals surface area contributed by atoms with Gasteiger partial charge in [-0.3, -0.25) is 19.7 Å². The summed E-state index contributed by atoms with van der Waals surface area (Å²) >= 11 is 12.4. The summed E-state index contributed by atoms with van der Waals surface area (Å²) < 4.78 is 52.8. The maximum absolute atomic E-state index is 15.5. The second kappa shape index (κ2) is 20.8. The number of ether oxygens (including phenoxy) is 1. The summed E-state index contributed by atoms with van der Waals surface area (Å²) in [5.74, 6) is -0.620. The topological polar surface area (TPSA) is 192 Å². The van der Waals surface area contributed by atoms with E-state index in [9.17, 15) is 33.2 Å². The average Bonchev–Trinajstić information content (AvgIpc) is 3.63. The molecule has 0 bridgehead atoms. The van der Waals surface area contributed by atoms with E-state index in [1.165, 1.54) is 41.4 Å². The number of hydrogen-bond acceptors (Lipinski definition) is 11. The normalized spacial score (nSPS) is 16.5. The van der Waals surface area contributed by atoms with E-state index >= 15 is 4.39 Å². The SMILES string of the molecule is C[C@H](NCc1c(F)cc(Cl)cc1Oc1ccc(-c2cnc(CN(C)C)n2C)cc1)C(=O)N[C@@H](CO)C(=O)N(C)[C@@]1(Cc2ccc(Cl)cc2)CCCN(S(=O)(=O)c2ccc([N+](=O)[O-])cc2)C1. The molecule has 1 aliphatic heterocycles. The Kier molecular flexibility index (Phi) is 15.7. The third-order valence-corrected chi connectivity index (χ3v) is 13.8. The number of nitrogens with one attached hydrogen (secondary N) is 2. The van der Waals surface area contributed by atoms with Gasteiger partial charge in [0.2, 0.25) is 21.8 Å². The molecule has 2 amide bonds. The first-order chi connectivity index (χ1) is 30.8. The number of imidazole rings is 1. The molecule has 346 valence electrons. The van der Waals surface area contributed by atoms with Crippen molar-refractivity contribution in [1.29, 1.82) is 0 Å². The largest absolute Gasteiger partial charge is 0.457 e. The Morgan fingerprint density at radius 1 is 1.03 bits per heavy atom. The lowest BCUT2D eigenvalue weighted by Crippen LogP contribution is -2.64. The third-order valence-electron chi connectivity index (χ3n) is 11.5. The van der Waals surface area contributed by atoms with Crippen LogP contribution in [-0.4, -0.2) is 112 Å². The predicted octanol–water partition coefficient (Wildman–Crippen LogP) is 6.17. The highest BCUT2D eigenvalue weighted by Gasteiger charge is 2.46. The lowest BCUT2D eigenvalue weighted by Gasteiger charge is -2.48. The molecule has 2 heterocycles. The van der Waals surface area contributed by atoms with Crippen LogP contribution in [0.15, 0.2) is 96.0 Å². The summed E-state index contributed by atoms with van der Waals surface area (Å²) in [6.07, 6.45) is 2.69. The van der Waals surface area contributed by atoms with Crippen LogP contribution in [-0.2, 0) is 46.2 Å². The number of nitro groups is 1. The van der Waals surface area contributed by atoms with Gasteiger partial charge >= 0.3 is 0 Å². The van der Waals surface area contributed by atoms with Crippen LogP contribution in [0.4, 0.5) is 10.1 Å². The highest BCUT2D eigenvalue weighted by molar-refractivity contribution is 7.89. The van der Waals surface area contributed by atoms with Crippen LogP contribution in [0.5, 0.6) is 11.5 Å². The monoisotopic (exact) mass is 952 g/mol. The molecule has 0 spiro atoms. The lowest BCUT2D eigenvalue weighted by molar-refractivity contribution is -0.384. The minimum absolute atomic E-state index is 0.0854. The van der Waals surface area contributed by atoms with Crippen LogP contribution in [0.3, 0.4) is 0 Å². The van der Waals surface area contributed by atoms with Crippen molar-refractivity contribution in [3.63, 3.8) is 0 Å². The lowest BCUT2D eigenvalue weighted by atomic mass is 9.82. The average molecular weight is 954 g/mol. The first kappa shape index (κ1) is 49.0. The second-order valence-electron chi connectivity index (χ2n) is 16.3. The first-order valence-corrected chi connectivity index (χ1v) is 22.8. The molecule has 1 aromatic heterocycles. The molecule has 0 unspecified atom stereocenters. The number of aliphatic hydroxyl groups is 1. The molecule has 3 N–H and O–H groups in total. The zero-order valence-electron chi connectivity index (χ0n) is 36.5. The van der Waals surface area contributed by atoms with Crippen LogP contribution in [0.1, 0.15) is 36.7 Å². The molecule has 3 atom stereocenters. The molecule has 0 saturated carbocycles. The summed E-state index contributed by atoms with van der Waals surface area (Å²) in [4.78, 5) is 46.4. The molecule has 1 aliphatic rings. The van der Waals surface area contributed by atoms with Crippen LogP contribution in [0.25, 0.3) is 11.3 Å². The zero-order chi connectivity index (χ0) is 47.2. The van der Waals surface area contributed by atoms with Crippen molar-refractivity contribution in [3.05, 3.63) is 134 Å². The third kappa shape index (κ3) is 11.5. The summed E-state index contributed by atoms with van der Waals surface area (Å²) in [7, 11) is 3.19. The summed E-state index contributed by atoms with van der Waals surface area (Å²) in [6.45, 7) is 1.16. The molecule has 0 radical (unpaired) electrons. The number of halogens is 3. The van der Waals surface area contributed by atoms with Gasteiger partial charge in [0.25, 0.3) is 5.69 Å². The summed E-state index contributed by atoms with van der Waals surface area (Å²) in [5.41, 5.74) is 1.20. The standard InChI is InChI=1S/C45H51Cl2FN8O8S/c1-29(49-24-37-38(48)21-33(47)22-41(37)64-35-15-9-31(10-16-35)40-25-50-42(53(40)4)26-52(2)3)43(58)51-39(27-57)44(59)54(5)45(23-30-7-11-32(46)12-8-30)19-6-20-55(28-45)65(62,63)36-17-13-34(14-18-36)56(60)61/h7-18,21-22,25,29,39,49,57H,6,19-20,23-24,26-28H2,1-5H3,(H,51,58)/t29-,39-,45+/m0/s1. The van der Waals surface area contributed by atoms with Crippen LogP contribution >= 0.6 is 23.2 Å². The highest BCUT2D eigenvalue weighted by Crippen LogP contribution is 2.36. The van der Waals surface area contributed by atoms with Gasteiger partial charge in [-0.2, -0.15) is 4.31 Å². The molecule has 1 saturated heterocycles. The van der Waals surface area contributed by atoms with Gasteiger partial charge < -0.3 is 34.8 Å². The number of carbonyl (C=O) groups is 2. The van der Waals surface area contributed by atoms with E-state index in [0.717, 1.165) is 40.8 Å². The van der Waals surface area contributed by atoms with Gasteiger partial charge in [0, 0.05) is 67.0 Å². The Morgan fingerprint density at radius 3 is 2.34 bits per heavy atom. The number of hydrogen-bond donors (Lipinski definition) is 3. The van der Waals surface area contributed by atoms with Crippen molar-refractivity contribution in [3.8, 4) is 22.8 Å². The Hall–Kier alpha value is -5.47. The Labute approximate surface area is 387 Å². The van der Waals surface area contributed by atoms with E-state index in [1.54, 1.807) is 42.6 Å². The number of sulfonamides is 1. The van der Waals surface area contributed by atoms with Crippen molar-refractivity contribution in [2.24, 2.45) is 7.05 Å². The number of piperidine rings is 1. The van der Waals surface area contributed by atoms with E-state index < -0.39 is 56.8 Å². The second-order valence-corrected chi connectivity index (χ2v) is 19.1. The zero-order valence-corrected chi connectivity index (χ0v) is 38.8. The molecule has 4 aromatic carbocycles. The number of benzene rings is 4. The molecule has 0 aliphatic carbocycles. The van der Waals surface area contributed by atoms with Crippen molar-refractivity contribution in [2.75, 3.05) is 40.8 Å². The number of aromatic nitrogens is 2. The first-order valence-electron chi connectivity index (χ1n) is 20.6. The van der Waals surface area contributed by atoms with Gasteiger partial charge in [-0.25, -0.2) is 17.8 Å². The molecule has 20 heteroatoms. The highest BCUT2D eigenvalue weighted by atomic mass is 35.5. The fourth-order valence-electron chi connectivity index (χ4n) is 7.79. The van der Waals surface area contributed by atoms with E-state index in [1.807, 2.05) is 42.7 Å². The van der Waals surface area contributed by atoms with E-state index in [2.05, 4.69) is 15.6 Å². The molecule has 1 fully saturated rings. The molecule has 65 heavy (non-hydrogen) atoms. The van der Waals surface area contributed by atoms with E-state index in [-0.39, 0.29) is 53.0 Å². The number of nitrogens with zero attached hydrogens (tertiary/aromatic N) is 6.